The molecule has 240 valence electrons. The number of aromatic nitrogens is 2. The Kier molecular flexibility index (Phi) is 8.51. The molecule has 46 heavy (non-hydrogen) atoms. The van der Waals surface area contributed by atoms with Gasteiger partial charge in [-0.15, -0.1) is 0 Å². The van der Waals surface area contributed by atoms with Crippen molar-refractivity contribution in [3.63, 3.8) is 0 Å². The number of fused-ring (bicyclic) bond motifs is 2. The van der Waals surface area contributed by atoms with E-state index in [-0.39, 0.29) is 24.6 Å². The number of anilines is 2. The summed E-state index contributed by atoms with van der Waals surface area (Å²) in [5.74, 6) is 0.685. The minimum absolute atomic E-state index is 0.144. The monoisotopic (exact) mass is 640 g/mol. The number of carbonyl (C=O) groups excluding carboxylic acids is 1. The summed E-state index contributed by atoms with van der Waals surface area (Å²) in [6.45, 7) is 16.9. The lowest BCUT2D eigenvalue weighted by molar-refractivity contribution is -0.128. The molecule has 0 N–H and O–H groups in total. The number of benzene rings is 2. The fraction of sp³-hybridized carbons (Fsp3) is 0.500. The highest BCUT2D eigenvalue weighted by molar-refractivity contribution is 6.36. The maximum Gasteiger partial charge on any atom is 0.319 e. The molecule has 0 unspecified atom stereocenters. The SMILES string of the molecule is [C-]#[N+]C[C@H]1CN(c2nc(O[C@@H](C)COC3CC4(CCC4)C3)nc3c2CCN(c2cccc4cccc(Cl)c24)C3)CCN1C(=O)C=C. The predicted molar refractivity (Wildman–Crippen MR) is 180 cm³/mol. The zero-order valence-electron chi connectivity index (χ0n) is 26.5. The predicted octanol–water partition coefficient (Wildman–Crippen LogP) is 6.08. The Morgan fingerprint density at radius 3 is 2.72 bits per heavy atom. The molecule has 1 aromatic heterocycles. The van der Waals surface area contributed by atoms with E-state index in [1.165, 1.54) is 38.2 Å². The first-order valence-corrected chi connectivity index (χ1v) is 16.9. The van der Waals surface area contributed by atoms with Crippen molar-refractivity contribution in [2.45, 2.75) is 70.2 Å². The summed E-state index contributed by atoms with van der Waals surface area (Å²) in [5, 5.41) is 2.87. The van der Waals surface area contributed by atoms with Crippen molar-refractivity contribution in [2.75, 3.05) is 49.1 Å². The Bertz CT molecular complexity index is 1670. The van der Waals surface area contributed by atoms with E-state index in [1.54, 1.807) is 4.90 Å². The first-order valence-electron chi connectivity index (χ1n) is 16.5. The normalized spacial score (nSPS) is 21.2. The zero-order valence-corrected chi connectivity index (χ0v) is 27.2. The summed E-state index contributed by atoms with van der Waals surface area (Å²) in [5.41, 5.74) is 3.65. The molecule has 2 atom stereocenters. The second kappa shape index (κ2) is 12.7. The van der Waals surface area contributed by atoms with Gasteiger partial charge in [0.05, 0.1) is 30.0 Å². The minimum Gasteiger partial charge on any atom is -0.458 e. The molecule has 7 rings (SSSR count). The van der Waals surface area contributed by atoms with Crippen molar-refractivity contribution in [1.29, 1.82) is 0 Å². The van der Waals surface area contributed by atoms with Gasteiger partial charge in [-0.2, -0.15) is 9.97 Å². The van der Waals surface area contributed by atoms with E-state index in [0.717, 1.165) is 51.5 Å². The summed E-state index contributed by atoms with van der Waals surface area (Å²) >= 11 is 6.72. The summed E-state index contributed by atoms with van der Waals surface area (Å²) < 4.78 is 12.6. The van der Waals surface area contributed by atoms with Crippen LogP contribution in [0.5, 0.6) is 6.01 Å². The molecule has 1 spiro atoms. The molecule has 0 bridgehead atoms. The van der Waals surface area contributed by atoms with Gasteiger partial charge in [-0.25, -0.2) is 6.57 Å². The maximum atomic E-state index is 12.6. The van der Waals surface area contributed by atoms with Crippen LogP contribution in [0.1, 0.15) is 50.3 Å². The third kappa shape index (κ3) is 5.89. The third-order valence-electron chi connectivity index (χ3n) is 10.3. The molecule has 3 aromatic rings. The van der Waals surface area contributed by atoms with E-state index in [1.807, 2.05) is 19.1 Å². The lowest BCUT2D eigenvalue weighted by Crippen LogP contribution is -2.56. The molecule has 10 heteroatoms. The van der Waals surface area contributed by atoms with Gasteiger partial charge in [-0.1, -0.05) is 48.9 Å². The van der Waals surface area contributed by atoms with Crippen LogP contribution in [0.15, 0.2) is 49.1 Å². The summed E-state index contributed by atoms with van der Waals surface area (Å²) in [7, 11) is 0. The topological polar surface area (TPSA) is 75.4 Å². The average Bonchev–Trinajstić information content (AvgIpc) is 3.02. The van der Waals surface area contributed by atoms with Crippen molar-refractivity contribution in [1.82, 2.24) is 14.9 Å². The molecule has 2 aromatic carbocycles. The van der Waals surface area contributed by atoms with Crippen LogP contribution in [-0.2, 0) is 22.5 Å². The number of nitrogens with zero attached hydrogens (tertiary/aromatic N) is 6. The van der Waals surface area contributed by atoms with E-state index < -0.39 is 0 Å². The number of ether oxygens (including phenoxy) is 2. The van der Waals surface area contributed by atoms with Crippen molar-refractivity contribution < 1.29 is 14.3 Å². The van der Waals surface area contributed by atoms with Crippen LogP contribution in [0.3, 0.4) is 0 Å². The van der Waals surface area contributed by atoms with Crippen LogP contribution in [0.4, 0.5) is 11.5 Å². The second-order valence-corrected chi connectivity index (χ2v) is 13.8. The van der Waals surface area contributed by atoms with E-state index in [2.05, 4.69) is 45.5 Å². The van der Waals surface area contributed by atoms with Gasteiger partial charge in [0, 0.05) is 42.8 Å². The lowest BCUT2D eigenvalue weighted by atomic mass is 9.55. The van der Waals surface area contributed by atoms with Gasteiger partial charge in [0.25, 0.3) is 0 Å². The number of piperazine rings is 1. The number of hydrogen-bond donors (Lipinski definition) is 0. The largest absolute Gasteiger partial charge is 0.458 e. The standard InChI is InChI=1S/C36H41ClN6O3/c1-4-32(44)43-17-16-42(21-26(43)20-38-3)34-28-12-15-41(31-11-6-9-25-8-5-10-29(37)33(25)31)22-30(28)39-35(40-34)46-24(2)23-45-27-18-36(19-27)13-7-14-36/h4-6,8-11,24,26-27H,1,7,12-23H2,2H3/t24-,26-/m0/s1. The fourth-order valence-corrected chi connectivity index (χ4v) is 8.04. The second-order valence-electron chi connectivity index (χ2n) is 13.4. The number of rotatable bonds is 9. The summed E-state index contributed by atoms with van der Waals surface area (Å²) in [6, 6.07) is 12.4. The van der Waals surface area contributed by atoms with Gasteiger partial charge >= 0.3 is 6.01 Å². The Hall–Kier alpha value is -3.87. The zero-order chi connectivity index (χ0) is 31.8. The maximum absolute atomic E-state index is 12.6. The highest BCUT2D eigenvalue weighted by atomic mass is 35.5. The molecule has 1 amide bonds. The number of amides is 1. The molecule has 2 saturated carbocycles. The molecule has 3 heterocycles. The van der Waals surface area contributed by atoms with Crippen LogP contribution in [0, 0.1) is 12.0 Å². The van der Waals surface area contributed by atoms with Gasteiger partial charge in [0.1, 0.15) is 18.0 Å². The Labute approximate surface area is 275 Å². The molecule has 2 aliphatic carbocycles. The van der Waals surface area contributed by atoms with Crippen LogP contribution < -0.4 is 14.5 Å². The molecule has 3 fully saturated rings. The van der Waals surface area contributed by atoms with Gasteiger partial charge < -0.3 is 29.0 Å². The number of carbonyl (C=O) groups is 1. The molecule has 2 aliphatic heterocycles. The summed E-state index contributed by atoms with van der Waals surface area (Å²) in [6.07, 6.45) is 8.56. The Balaban J connectivity index is 1.16. The smallest absolute Gasteiger partial charge is 0.319 e. The summed E-state index contributed by atoms with van der Waals surface area (Å²) in [4.78, 5) is 32.5. The highest BCUT2D eigenvalue weighted by Gasteiger charge is 2.48. The van der Waals surface area contributed by atoms with E-state index in [0.29, 0.717) is 50.3 Å². The van der Waals surface area contributed by atoms with Crippen molar-refractivity contribution in [3.05, 3.63) is 76.8 Å². The Morgan fingerprint density at radius 2 is 1.98 bits per heavy atom. The quantitative estimate of drug-likeness (QED) is 0.207. The molecular weight excluding hydrogens is 600 g/mol. The van der Waals surface area contributed by atoms with Crippen molar-refractivity contribution >= 4 is 39.8 Å². The van der Waals surface area contributed by atoms with E-state index in [4.69, 9.17) is 37.6 Å². The van der Waals surface area contributed by atoms with E-state index >= 15 is 0 Å². The molecule has 1 saturated heterocycles. The van der Waals surface area contributed by atoms with Gasteiger partial charge in [0.2, 0.25) is 12.5 Å². The molecule has 9 nitrogen and oxygen atoms in total. The van der Waals surface area contributed by atoms with Crippen LogP contribution in [-0.4, -0.2) is 78.4 Å². The van der Waals surface area contributed by atoms with Crippen LogP contribution >= 0.6 is 11.6 Å². The Morgan fingerprint density at radius 1 is 1.17 bits per heavy atom. The van der Waals surface area contributed by atoms with Gasteiger partial charge in [-0.05, 0) is 68.0 Å². The van der Waals surface area contributed by atoms with Crippen LogP contribution in [0.25, 0.3) is 15.6 Å². The van der Waals surface area contributed by atoms with E-state index in [9.17, 15) is 4.79 Å². The van der Waals surface area contributed by atoms with Gasteiger partial charge in [0.15, 0.2) is 0 Å². The fourth-order valence-electron chi connectivity index (χ4n) is 7.76. The minimum atomic E-state index is -0.251. The first-order chi connectivity index (χ1) is 22.4. The lowest BCUT2D eigenvalue weighted by Gasteiger charge is -2.53. The highest BCUT2D eigenvalue weighted by Crippen LogP contribution is 2.56. The molecular formula is C36H41ClN6O3. The van der Waals surface area contributed by atoms with Crippen molar-refractivity contribution in [3.8, 4) is 6.01 Å². The first kappa shape index (κ1) is 30.8. The number of halogens is 1. The average molecular weight is 641 g/mol. The molecule has 0 radical (unpaired) electrons. The number of hydrogen-bond acceptors (Lipinski definition) is 7. The van der Waals surface area contributed by atoms with Crippen LogP contribution in [0.2, 0.25) is 5.02 Å². The third-order valence-corrected chi connectivity index (χ3v) is 10.7. The molecule has 4 aliphatic rings. The van der Waals surface area contributed by atoms with Crippen molar-refractivity contribution in [2.24, 2.45) is 5.41 Å². The van der Waals surface area contributed by atoms with Gasteiger partial charge in [-0.3, -0.25) is 4.79 Å².